The summed E-state index contributed by atoms with van der Waals surface area (Å²) in [6.07, 6.45) is 6.88. The first-order valence-electron chi connectivity index (χ1n) is 14.1. The highest BCUT2D eigenvalue weighted by Gasteiger charge is 2.28. The molecule has 3 N–H and O–H groups in total. The Bertz CT molecular complexity index is 1950. The lowest BCUT2D eigenvalue weighted by molar-refractivity contribution is 0.103. The number of nitrogens with zero attached hydrogens (tertiary/aromatic N) is 4. The minimum absolute atomic E-state index is 0.0448. The van der Waals surface area contributed by atoms with Gasteiger partial charge in [0.1, 0.15) is 11.6 Å². The topological polar surface area (TPSA) is 132 Å². The highest BCUT2D eigenvalue weighted by molar-refractivity contribution is 7.88. The Morgan fingerprint density at radius 2 is 1.78 bits per heavy atom. The van der Waals surface area contributed by atoms with Crippen molar-refractivity contribution < 1.29 is 31.1 Å². The van der Waals surface area contributed by atoms with Crippen molar-refractivity contribution in [1.82, 2.24) is 19.1 Å². The van der Waals surface area contributed by atoms with Crippen LogP contribution in [0.15, 0.2) is 54.4 Å². The average Bonchev–Trinajstić information content (AvgIpc) is 3.58. The van der Waals surface area contributed by atoms with Gasteiger partial charge in [0.25, 0.3) is 0 Å². The molecule has 0 spiro atoms. The van der Waals surface area contributed by atoms with Crippen LogP contribution in [0.5, 0.6) is 11.6 Å². The van der Waals surface area contributed by atoms with Crippen LogP contribution in [0.1, 0.15) is 39.9 Å². The second-order valence-corrected chi connectivity index (χ2v) is 13.1. The molecular formula is C31H29F3N6O4S. The zero-order valence-corrected chi connectivity index (χ0v) is 25.2. The summed E-state index contributed by atoms with van der Waals surface area (Å²) in [6, 6.07) is 7.81. The van der Waals surface area contributed by atoms with Gasteiger partial charge in [0.2, 0.25) is 21.7 Å². The first kappa shape index (κ1) is 30.3. The summed E-state index contributed by atoms with van der Waals surface area (Å²) in [4.78, 5) is 17.6. The molecule has 0 radical (unpaired) electrons. The minimum atomic E-state index is -3.26. The molecule has 1 fully saturated rings. The van der Waals surface area contributed by atoms with Gasteiger partial charge in [-0.3, -0.25) is 4.79 Å². The van der Waals surface area contributed by atoms with E-state index in [0.717, 1.165) is 17.7 Å². The van der Waals surface area contributed by atoms with Gasteiger partial charge in [-0.15, -0.1) is 0 Å². The molecule has 1 aliphatic carbocycles. The van der Waals surface area contributed by atoms with Gasteiger partial charge in [-0.25, -0.2) is 35.6 Å². The Kier molecular flexibility index (Phi) is 7.87. The van der Waals surface area contributed by atoms with Gasteiger partial charge in [-0.1, -0.05) is 6.07 Å². The first-order chi connectivity index (χ1) is 21.4. The van der Waals surface area contributed by atoms with E-state index in [1.807, 2.05) is 0 Å². The molecule has 1 aliphatic heterocycles. The van der Waals surface area contributed by atoms with Crippen LogP contribution < -0.4 is 15.8 Å². The second-order valence-electron chi connectivity index (χ2n) is 11.1. The lowest BCUT2D eigenvalue weighted by Crippen LogP contribution is -2.41. The number of benzene rings is 2. The molecule has 2 aliphatic rings. The van der Waals surface area contributed by atoms with Crippen LogP contribution >= 0.6 is 0 Å². The molecule has 6 rings (SSSR count). The lowest BCUT2D eigenvalue weighted by atomic mass is 10.0. The number of aryl methyl sites for hydroxylation is 1. The first-order valence-corrected chi connectivity index (χ1v) is 16.0. The molecule has 0 amide bonds. The SMILES string of the molecule is Cc1cc(Oc2c(F)cccc2F)ncc1-n1ncc(C(=O)C2=Cc3cc(F)c(NC4CCN(S(C)(=O)=O)CC4)cc3C2)c1N. The van der Waals surface area contributed by atoms with Crippen LogP contribution in [0.25, 0.3) is 11.8 Å². The molecular weight excluding hydrogens is 609 g/mol. The number of nitrogen functional groups attached to an aromatic ring is 1. The molecule has 0 atom stereocenters. The average molecular weight is 639 g/mol. The number of pyridine rings is 1. The van der Waals surface area contributed by atoms with E-state index in [1.54, 1.807) is 19.1 Å². The number of carbonyl (C=O) groups excluding carboxylic acids is 1. The quantitative estimate of drug-likeness (QED) is 0.257. The number of piperidine rings is 1. The predicted octanol–water partition coefficient (Wildman–Crippen LogP) is 5.03. The summed E-state index contributed by atoms with van der Waals surface area (Å²) in [5.74, 6) is -3.13. The van der Waals surface area contributed by atoms with Crippen molar-refractivity contribution >= 4 is 33.4 Å². The van der Waals surface area contributed by atoms with E-state index >= 15 is 4.39 Å². The molecule has 10 nitrogen and oxygen atoms in total. The van der Waals surface area contributed by atoms with Gasteiger partial charge in [0, 0.05) is 37.2 Å². The third kappa shape index (κ3) is 6.02. The van der Waals surface area contributed by atoms with Gasteiger partial charge in [0.05, 0.1) is 35.6 Å². The van der Waals surface area contributed by atoms with E-state index in [1.165, 1.54) is 45.8 Å². The van der Waals surface area contributed by atoms with E-state index < -0.39 is 33.2 Å². The van der Waals surface area contributed by atoms with Gasteiger partial charge in [-0.05, 0) is 66.8 Å². The lowest BCUT2D eigenvalue weighted by Gasteiger charge is -2.31. The molecule has 1 saturated heterocycles. The van der Waals surface area contributed by atoms with E-state index in [2.05, 4.69) is 15.4 Å². The van der Waals surface area contributed by atoms with Crippen LogP contribution in [0.4, 0.5) is 24.7 Å². The van der Waals surface area contributed by atoms with Gasteiger partial charge < -0.3 is 15.8 Å². The molecule has 2 aromatic heterocycles. The van der Waals surface area contributed by atoms with E-state index in [0.29, 0.717) is 54.0 Å². The number of allylic oxidation sites excluding steroid dienone is 1. The predicted molar refractivity (Wildman–Crippen MR) is 162 cm³/mol. The number of nitrogens with one attached hydrogen (secondary N) is 1. The highest BCUT2D eigenvalue weighted by atomic mass is 32.2. The van der Waals surface area contributed by atoms with Crippen LogP contribution in [-0.2, 0) is 16.4 Å². The maximum absolute atomic E-state index is 15.0. The largest absolute Gasteiger partial charge is 0.433 e. The number of halogens is 3. The number of carbonyl (C=O) groups is 1. The molecule has 3 heterocycles. The van der Waals surface area contributed by atoms with Crippen molar-refractivity contribution in [3.05, 3.63) is 94.1 Å². The number of hydrogen-bond donors (Lipinski definition) is 2. The number of hydrogen-bond acceptors (Lipinski definition) is 8. The molecule has 4 aromatic rings. The zero-order valence-electron chi connectivity index (χ0n) is 24.4. The number of sulfonamides is 1. The molecule has 14 heteroatoms. The maximum atomic E-state index is 15.0. The maximum Gasteiger partial charge on any atom is 0.219 e. The Balaban J connectivity index is 1.15. The van der Waals surface area contributed by atoms with Gasteiger partial charge in [0.15, 0.2) is 17.4 Å². The minimum Gasteiger partial charge on any atom is -0.433 e. The number of aromatic nitrogens is 3. The van der Waals surface area contributed by atoms with Crippen molar-refractivity contribution in [3.8, 4) is 17.3 Å². The standard InChI is InChI=1S/C31H29F3N6O4S/c1-17-10-28(44-30-23(32)4-3-5-24(30)33)36-16-27(17)40-31(35)22(15-37-40)29(41)20-11-18-13-25(34)26(14-19(18)12-20)38-21-6-8-39(9-7-21)45(2,42)43/h3-5,10-11,13-16,21,38H,6-9,12,35H2,1-2H3. The number of rotatable bonds is 8. The third-order valence-corrected chi connectivity index (χ3v) is 9.28. The number of nitrogens with two attached hydrogens (primary N) is 1. The summed E-state index contributed by atoms with van der Waals surface area (Å²) < 4.78 is 74.7. The van der Waals surface area contributed by atoms with Crippen molar-refractivity contribution in [3.63, 3.8) is 0 Å². The smallest absolute Gasteiger partial charge is 0.219 e. The fraction of sp³-hybridized carbons (Fsp3) is 0.258. The molecule has 2 aromatic carbocycles. The molecule has 0 bridgehead atoms. The van der Waals surface area contributed by atoms with Crippen molar-refractivity contribution in [2.45, 2.75) is 32.2 Å². The van der Waals surface area contributed by atoms with Crippen LogP contribution in [-0.4, -0.2) is 58.7 Å². The molecule has 234 valence electrons. The second kappa shape index (κ2) is 11.7. The Morgan fingerprint density at radius 3 is 2.44 bits per heavy atom. The normalized spacial score (nSPS) is 15.5. The number of Topliss-reactive ketones (excluding diaryl/α,β-unsaturated/α-hetero) is 1. The monoisotopic (exact) mass is 638 g/mol. The third-order valence-electron chi connectivity index (χ3n) is 7.98. The summed E-state index contributed by atoms with van der Waals surface area (Å²) in [6.45, 7) is 2.43. The number of ketones is 1. The van der Waals surface area contributed by atoms with Gasteiger partial charge >= 0.3 is 0 Å². The van der Waals surface area contributed by atoms with Crippen LogP contribution in [0.3, 0.4) is 0 Å². The van der Waals surface area contributed by atoms with E-state index in [4.69, 9.17) is 10.5 Å². The fourth-order valence-corrected chi connectivity index (χ4v) is 6.43. The van der Waals surface area contributed by atoms with Crippen LogP contribution in [0.2, 0.25) is 0 Å². The summed E-state index contributed by atoms with van der Waals surface area (Å²) in [5.41, 5.74) is 9.56. The van der Waals surface area contributed by atoms with Crippen molar-refractivity contribution in [1.29, 1.82) is 0 Å². The van der Waals surface area contributed by atoms with Crippen LogP contribution in [0, 0.1) is 24.4 Å². The molecule has 0 saturated carbocycles. The fourth-order valence-electron chi connectivity index (χ4n) is 5.56. The zero-order chi connectivity index (χ0) is 32.0. The summed E-state index contributed by atoms with van der Waals surface area (Å²) >= 11 is 0. The van der Waals surface area contributed by atoms with Gasteiger partial charge in [-0.2, -0.15) is 5.10 Å². The number of para-hydroxylation sites is 1. The molecule has 45 heavy (non-hydrogen) atoms. The highest BCUT2D eigenvalue weighted by Crippen LogP contribution is 2.34. The van der Waals surface area contributed by atoms with E-state index in [-0.39, 0.29) is 35.5 Å². The summed E-state index contributed by atoms with van der Waals surface area (Å²) in [5, 5.41) is 7.47. The Labute approximate surface area is 257 Å². The Hall–Kier alpha value is -4.69. The number of ether oxygens (including phenoxy) is 1. The van der Waals surface area contributed by atoms with Crippen molar-refractivity contribution in [2.75, 3.05) is 30.4 Å². The Morgan fingerprint density at radius 1 is 1.07 bits per heavy atom. The number of fused-ring (bicyclic) bond motifs is 1. The summed E-state index contributed by atoms with van der Waals surface area (Å²) in [7, 11) is -3.26. The van der Waals surface area contributed by atoms with Crippen molar-refractivity contribution in [2.24, 2.45) is 0 Å². The van der Waals surface area contributed by atoms with E-state index in [9.17, 15) is 22.0 Å². The molecule has 0 unspecified atom stereocenters. The number of anilines is 2.